The van der Waals surface area contributed by atoms with E-state index in [4.69, 9.17) is 9.40 Å². The number of para-hydroxylation sites is 1. The summed E-state index contributed by atoms with van der Waals surface area (Å²) < 4.78 is 5.74. The van der Waals surface area contributed by atoms with Crippen LogP contribution in [-0.4, -0.2) is 33.1 Å². The van der Waals surface area contributed by atoms with Gasteiger partial charge in [-0.3, -0.25) is 9.69 Å². The molecule has 0 aliphatic rings. The quantitative estimate of drug-likeness (QED) is 0.368. The van der Waals surface area contributed by atoms with Crippen LogP contribution in [0.25, 0.3) is 22.1 Å². The van der Waals surface area contributed by atoms with Crippen LogP contribution in [0.4, 0.5) is 0 Å². The second kappa shape index (κ2) is 9.40. The number of rotatable bonds is 8. The van der Waals surface area contributed by atoms with Gasteiger partial charge in [0, 0.05) is 18.5 Å². The maximum absolute atomic E-state index is 12.8. The number of hydrogen-bond acceptors (Lipinski definition) is 5. The molecule has 0 saturated heterocycles. The Morgan fingerprint density at radius 1 is 0.909 bits per heavy atom. The fourth-order valence-corrected chi connectivity index (χ4v) is 4.37. The lowest BCUT2D eigenvalue weighted by molar-refractivity contribution is 0.183. The number of aliphatic hydroxyl groups excluding tert-OH is 1. The van der Waals surface area contributed by atoms with Crippen molar-refractivity contribution in [3.63, 3.8) is 0 Å². The Morgan fingerprint density at radius 3 is 2.21 bits per heavy atom. The first-order valence-electron chi connectivity index (χ1n) is 11.1. The lowest BCUT2D eigenvalue weighted by Gasteiger charge is -2.32. The van der Waals surface area contributed by atoms with E-state index in [1.54, 1.807) is 0 Å². The third-order valence-electron chi connectivity index (χ3n) is 5.83. The van der Waals surface area contributed by atoms with E-state index in [0.717, 1.165) is 16.5 Å². The second-order valence-corrected chi connectivity index (χ2v) is 8.06. The summed E-state index contributed by atoms with van der Waals surface area (Å²) in [6.07, 6.45) is 0.608. The van der Waals surface area contributed by atoms with Gasteiger partial charge in [-0.25, -0.2) is 4.98 Å². The van der Waals surface area contributed by atoms with Crippen molar-refractivity contribution in [1.82, 2.24) is 14.9 Å². The first-order valence-corrected chi connectivity index (χ1v) is 11.1. The number of hydrogen-bond donors (Lipinski definition) is 2. The summed E-state index contributed by atoms with van der Waals surface area (Å²) in [5, 5.41) is 10.4. The third-order valence-corrected chi connectivity index (χ3v) is 5.83. The predicted octanol–water partition coefficient (Wildman–Crippen LogP) is 4.64. The summed E-state index contributed by atoms with van der Waals surface area (Å²) in [5.41, 5.74) is 3.44. The molecule has 0 saturated carbocycles. The van der Waals surface area contributed by atoms with Crippen LogP contribution in [0.15, 0.2) is 94.1 Å². The number of benzene rings is 3. The van der Waals surface area contributed by atoms with Gasteiger partial charge in [-0.05, 0) is 29.7 Å². The topological polar surface area (TPSA) is 82.4 Å². The molecule has 0 amide bonds. The molecule has 0 aliphatic carbocycles. The average molecular weight is 440 g/mol. The zero-order valence-electron chi connectivity index (χ0n) is 18.1. The number of fused-ring (bicyclic) bond motifs is 3. The van der Waals surface area contributed by atoms with Crippen molar-refractivity contribution in [2.75, 3.05) is 13.2 Å². The van der Waals surface area contributed by atoms with Gasteiger partial charge >= 0.3 is 0 Å². The fraction of sp³-hybridized carbons (Fsp3) is 0.185. The van der Waals surface area contributed by atoms with Crippen molar-refractivity contribution in [2.24, 2.45) is 0 Å². The standard InChI is InChI=1S/C27H25N3O3/c31-17-9-16-30(25(19-10-3-1-4-11-19)20-12-5-2-6-13-20)18-23-28-24-21-14-7-8-15-22(21)33-26(24)27(32)29-23/h1-8,10-15,25,31H,9,16-18H2,(H,28,29,32). The van der Waals surface area contributed by atoms with Crippen molar-refractivity contribution in [3.8, 4) is 0 Å². The van der Waals surface area contributed by atoms with E-state index in [2.05, 4.69) is 34.1 Å². The molecule has 2 N–H and O–H groups in total. The molecular weight excluding hydrogens is 414 g/mol. The van der Waals surface area contributed by atoms with Gasteiger partial charge in [-0.15, -0.1) is 0 Å². The smallest absolute Gasteiger partial charge is 0.294 e. The number of aromatic amines is 1. The van der Waals surface area contributed by atoms with Crippen LogP contribution in [0.5, 0.6) is 0 Å². The summed E-state index contributed by atoms with van der Waals surface area (Å²) >= 11 is 0. The molecule has 33 heavy (non-hydrogen) atoms. The minimum atomic E-state index is -0.288. The van der Waals surface area contributed by atoms with E-state index in [-0.39, 0.29) is 23.8 Å². The molecule has 0 spiro atoms. The summed E-state index contributed by atoms with van der Waals surface area (Å²) in [5.74, 6) is 0.564. The van der Waals surface area contributed by atoms with Gasteiger partial charge < -0.3 is 14.5 Å². The van der Waals surface area contributed by atoms with Crippen LogP contribution < -0.4 is 5.56 Å². The van der Waals surface area contributed by atoms with Gasteiger partial charge in [0.15, 0.2) is 0 Å². The Balaban J connectivity index is 1.59. The molecule has 2 heterocycles. The Labute approximate surface area is 191 Å². The highest BCUT2D eigenvalue weighted by Crippen LogP contribution is 2.30. The maximum atomic E-state index is 12.8. The normalized spacial score (nSPS) is 11.7. The molecule has 0 unspecified atom stereocenters. The van der Waals surface area contributed by atoms with Gasteiger partial charge in [0.1, 0.15) is 16.9 Å². The van der Waals surface area contributed by atoms with Crippen LogP contribution in [-0.2, 0) is 6.54 Å². The molecule has 5 aromatic rings. The van der Waals surface area contributed by atoms with E-state index < -0.39 is 0 Å². The maximum Gasteiger partial charge on any atom is 0.294 e. The summed E-state index contributed by atoms with van der Waals surface area (Å²) in [6.45, 7) is 1.14. The molecule has 0 bridgehead atoms. The zero-order valence-corrected chi connectivity index (χ0v) is 18.1. The Kier molecular flexibility index (Phi) is 6.02. The molecule has 2 aromatic heterocycles. The number of H-pyrrole nitrogens is 1. The van der Waals surface area contributed by atoms with Crippen molar-refractivity contribution < 1.29 is 9.52 Å². The number of aliphatic hydroxyl groups is 1. The number of aromatic nitrogens is 2. The molecule has 5 rings (SSSR count). The van der Waals surface area contributed by atoms with Crippen LogP contribution in [0.1, 0.15) is 29.4 Å². The third kappa shape index (κ3) is 4.31. The van der Waals surface area contributed by atoms with Gasteiger partial charge in [0.2, 0.25) is 5.58 Å². The van der Waals surface area contributed by atoms with Crippen LogP contribution in [0.2, 0.25) is 0 Å². The average Bonchev–Trinajstić information content (AvgIpc) is 3.23. The predicted molar refractivity (Wildman–Crippen MR) is 129 cm³/mol. The molecular formula is C27H25N3O3. The zero-order chi connectivity index (χ0) is 22.6. The molecule has 6 heteroatoms. The van der Waals surface area contributed by atoms with E-state index >= 15 is 0 Å². The molecule has 0 atom stereocenters. The van der Waals surface area contributed by atoms with Crippen LogP contribution in [0.3, 0.4) is 0 Å². The number of furan rings is 1. The van der Waals surface area contributed by atoms with Gasteiger partial charge in [-0.2, -0.15) is 0 Å². The second-order valence-electron chi connectivity index (χ2n) is 8.06. The Bertz CT molecular complexity index is 1370. The lowest BCUT2D eigenvalue weighted by Crippen LogP contribution is -2.32. The van der Waals surface area contributed by atoms with Crippen molar-refractivity contribution in [1.29, 1.82) is 0 Å². The van der Waals surface area contributed by atoms with E-state index in [1.165, 1.54) is 0 Å². The largest absolute Gasteiger partial charge is 0.449 e. The molecule has 0 radical (unpaired) electrons. The van der Waals surface area contributed by atoms with E-state index in [9.17, 15) is 9.90 Å². The van der Waals surface area contributed by atoms with Crippen molar-refractivity contribution in [3.05, 3.63) is 112 Å². The van der Waals surface area contributed by atoms with Gasteiger partial charge in [0.25, 0.3) is 5.56 Å². The molecule has 0 fully saturated rings. The Hall–Kier alpha value is -3.74. The van der Waals surface area contributed by atoms with Crippen LogP contribution >= 0.6 is 0 Å². The summed E-state index contributed by atoms with van der Waals surface area (Å²) in [4.78, 5) is 22.8. The highest BCUT2D eigenvalue weighted by Gasteiger charge is 2.24. The Morgan fingerprint density at radius 2 is 1.55 bits per heavy atom. The lowest BCUT2D eigenvalue weighted by atomic mass is 9.96. The summed E-state index contributed by atoms with van der Waals surface area (Å²) in [7, 11) is 0. The SMILES string of the molecule is O=c1[nH]c(CN(CCCO)C(c2ccccc2)c2ccccc2)nc2c1oc1ccccc12. The molecule has 3 aromatic carbocycles. The number of nitrogens with one attached hydrogen (secondary N) is 1. The van der Waals surface area contributed by atoms with Gasteiger partial charge in [-0.1, -0.05) is 72.8 Å². The van der Waals surface area contributed by atoms with E-state index in [1.807, 2.05) is 60.7 Å². The fourth-order valence-electron chi connectivity index (χ4n) is 4.37. The molecule has 0 aliphatic heterocycles. The number of nitrogens with zero attached hydrogens (tertiary/aromatic N) is 2. The molecule has 166 valence electrons. The minimum Gasteiger partial charge on any atom is -0.449 e. The monoisotopic (exact) mass is 439 g/mol. The highest BCUT2D eigenvalue weighted by molar-refractivity contribution is 6.01. The van der Waals surface area contributed by atoms with Crippen molar-refractivity contribution in [2.45, 2.75) is 19.0 Å². The highest BCUT2D eigenvalue weighted by atomic mass is 16.3. The first-order chi connectivity index (χ1) is 16.2. The molecule has 6 nitrogen and oxygen atoms in total. The summed E-state index contributed by atoms with van der Waals surface area (Å²) in [6, 6.07) is 28.0. The van der Waals surface area contributed by atoms with Crippen molar-refractivity contribution >= 4 is 22.1 Å². The minimum absolute atomic E-state index is 0.0546. The van der Waals surface area contributed by atoms with Gasteiger partial charge in [0.05, 0.1) is 12.6 Å². The van der Waals surface area contributed by atoms with E-state index in [0.29, 0.717) is 36.4 Å². The first kappa shape index (κ1) is 21.1. The van der Waals surface area contributed by atoms with Crippen LogP contribution in [0, 0.1) is 0 Å².